The van der Waals surface area contributed by atoms with Crippen LogP contribution in [0.3, 0.4) is 0 Å². The van der Waals surface area contributed by atoms with E-state index in [1.54, 1.807) is 6.08 Å². The van der Waals surface area contributed by atoms with Gasteiger partial charge in [0.2, 0.25) is 0 Å². The number of benzene rings is 2. The number of hydrogen-bond donors (Lipinski definition) is 2. The predicted octanol–water partition coefficient (Wildman–Crippen LogP) is 3.04. The molecule has 0 unspecified atom stereocenters. The van der Waals surface area contributed by atoms with Crippen molar-refractivity contribution in [3.63, 3.8) is 0 Å². The summed E-state index contributed by atoms with van der Waals surface area (Å²) in [5, 5.41) is 14.7. The number of hydrogen-bond acceptors (Lipinski definition) is 2. The standard InChI is InChI=1S/C16H19NO/c1-13(17-11-4-5-12-18)15-10-6-8-14-7-2-3-9-16(14)15/h2-10,13,17-18H,11-12H2,1H3/b5-4+/t13-/m1/s1. The van der Waals surface area contributed by atoms with Crippen LogP contribution < -0.4 is 5.32 Å². The van der Waals surface area contributed by atoms with Gasteiger partial charge >= 0.3 is 0 Å². The highest BCUT2D eigenvalue weighted by molar-refractivity contribution is 5.86. The van der Waals surface area contributed by atoms with Gasteiger partial charge < -0.3 is 10.4 Å². The summed E-state index contributed by atoms with van der Waals surface area (Å²) in [6, 6.07) is 15.1. The van der Waals surface area contributed by atoms with Crippen molar-refractivity contribution in [1.29, 1.82) is 0 Å². The van der Waals surface area contributed by atoms with Crippen molar-refractivity contribution in [3.05, 3.63) is 60.2 Å². The normalized spacial score (nSPS) is 13.2. The van der Waals surface area contributed by atoms with E-state index in [2.05, 4.69) is 54.7 Å². The van der Waals surface area contributed by atoms with E-state index in [0.29, 0.717) is 6.04 Å². The Bertz CT molecular complexity index is 528. The molecule has 0 aliphatic rings. The van der Waals surface area contributed by atoms with Crippen LogP contribution in [-0.4, -0.2) is 18.3 Å². The van der Waals surface area contributed by atoms with Gasteiger partial charge in [-0.25, -0.2) is 0 Å². The van der Waals surface area contributed by atoms with Crippen molar-refractivity contribution in [1.82, 2.24) is 5.32 Å². The summed E-state index contributed by atoms with van der Waals surface area (Å²) in [5.74, 6) is 0. The van der Waals surface area contributed by atoms with Gasteiger partial charge in [0, 0.05) is 12.6 Å². The molecule has 2 aromatic rings. The zero-order chi connectivity index (χ0) is 12.8. The first-order chi connectivity index (χ1) is 8.83. The molecule has 0 saturated heterocycles. The van der Waals surface area contributed by atoms with E-state index in [1.165, 1.54) is 16.3 Å². The van der Waals surface area contributed by atoms with E-state index in [-0.39, 0.29) is 6.61 Å². The van der Waals surface area contributed by atoms with Crippen LogP contribution >= 0.6 is 0 Å². The first-order valence-corrected chi connectivity index (χ1v) is 6.30. The molecule has 2 N–H and O–H groups in total. The Balaban J connectivity index is 2.17. The summed E-state index contributed by atoms with van der Waals surface area (Å²) in [4.78, 5) is 0. The minimum absolute atomic E-state index is 0.102. The van der Waals surface area contributed by atoms with Gasteiger partial charge in [-0.2, -0.15) is 0 Å². The van der Waals surface area contributed by atoms with Crippen molar-refractivity contribution < 1.29 is 5.11 Å². The van der Waals surface area contributed by atoms with Crippen LogP contribution in [0.2, 0.25) is 0 Å². The molecule has 0 radical (unpaired) electrons. The monoisotopic (exact) mass is 241 g/mol. The van der Waals surface area contributed by atoms with Crippen LogP contribution in [0.15, 0.2) is 54.6 Å². The number of nitrogens with one attached hydrogen (secondary N) is 1. The van der Waals surface area contributed by atoms with E-state index in [4.69, 9.17) is 5.11 Å². The molecular weight excluding hydrogens is 222 g/mol. The average molecular weight is 241 g/mol. The van der Waals surface area contributed by atoms with E-state index in [0.717, 1.165) is 6.54 Å². The van der Waals surface area contributed by atoms with Crippen LogP contribution in [0.1, 0.15) is 18.5 Å². The quantitative estimate of drug-likeness (QED) is 0.789. The van der Waals surface area contributed by atoms with Crippen molar-refractivity contribution in [3.8, 4) is 0 Å². The Kier molecular flexibility index (Phi) is 4.51. The van der Waals surface area contributed by atoms with E-state index >= 15 is 0 Å². The molecule has 0 spiro atoms. The summed E-state index contributed by atoms with van der Waals surface area (Å²) in [6.45, 7) is 3.03. The molecule has 0 aliphatic carbocycles. The first-order valence-electron chi connectivity index (χ1n) is 6.30. The summed E-state index contributed by atoms with van der Waals surface area (Å²) in [7, 11) is 0. The highest BCUT2D eigenvalue weighted by Gasteiger charge is 2.07. The minimum atomic E-state index is 0.102. The summed E-state index contributed by atoms with van der Waals surface area (Å²) >= 11 is 0. The predicted molar refractivity (Wildman–Crippen MR) is 76.6 cm³/mol. The van der Waals surface area contributed by atoms with Gasteiger partial charge in [0.25, 0.3) is 0 Å². The fourth-order valence-corrected chi connectivity index (χ4v) is 2.14. The molecule has 0 heterocycles. The molecule has 0 aromatic heterocycles. The zero-order valence-corrected chi connectivity index (χ0v) is 10.6. The van der Waals surface area contributed by atoms with Gasteiger partial charge in [0.15, 0.2) is 0 Å². The lowest BCUT2D eigenvalue weighted by Gasteiger charge is -2.15. The topological polar surface area (TPSA) is 32.3 Å². The highest BCUT2D eigenvalue weighted by atomic mass is 16.2. The number of fused-ring (bicyclic) bond motifs is 1. The molecule has 2 nitrogen and oxygen atoms in total. The van der Waals surface area contributed by atoms with Crippen molar-refractivity contribution in [2.75, 3.05) is 13.2 Å². The summed E-state index contributed by atoms with van der Waals surface area (Å²) < 4.78 is 0. The maximum absolute atomic E-state index is 8.68. The Labute approximate surface area is 108 Å². The lowest BCUT2D eigenvalue weighted by atomic mass is 10.00. The molecule has 0 amide bonds. The third kappa shape index (κ3) is 2.97. The Hall–Kier alpha value is -1.64. The van der Waals surface area contributed by atoms with Crippen molar-refractivity contribution in [2.45, 2.75) is 13.0 Å². The maximum Gasteiger partial charge on any atom is 0.0612 e. The van der Waals surface area contributed by atoms with E-state index in [9.17, 15) is 0 Å². The number of aliphatic hydroxyl groups is 1. The minimum Gasteiger partial charge on any atom is -0.392 e. The third-order valence-electron chi connectivity index (χ3n) is 3.10. The zero-order valence-electron chi connectivity index (χ0n) is 10.6. The molecule has 0 saturated carbocycles. The second kappa shape index (κ2) is 6.34. The molecule has 0 fully saturated rings. The van der Waals surface area contributed by atoms with Crippen molar-refractivity contribution >= 4 is 10.8 Å². The molecule has 2 rings (SSSR count). The molecule has 0 aliphatic heterocycles. The Morgan fingerprint density at radius 1 is 1.11 bits per heavy atom. The molecule has 94 valence electrons. The SMILES string of the molecule is C[C@@H](NC/C=C/CO)c1cccc2ccccc12. The summed E-state index contributed by atoms with van der Waals surface area (Å²) in [5.41, 5.74) is 1.31. The summed E-state index contributed by atoms with van der Waals surface area (Å²) in [6.07, 6.45) is 3.70. The second-order valence-electron chi connectivity index (χ2n) is 4.35. The molecule has 1 atom stereocenters. The average Bonchev–Trinajstić information content (AvgIpc) is 2.43. The molecule has 2 heteroatoms. The van der Waals surface area contributed by atoms with Gasteiger partial charge in [-0.05, 0) is 23.3 Å². The van der Waals surface area contributed by atoms with Crippen LogP contribution in [0, 0.1) is 0 Å². The molecule has 2 aromatic carbocycles. The van der Waals surface area contributed by atoms with Gasteiger partial charge in [-0.1, -0.05) is 54.6 Å². The Morgan fingerprint density at radius 2 is 1.89 bits per heavy atom. The van der Waals surface area contributed by atoms with Crippen LogP contribution in [0.4, 0.5) is 0 Å². The molecule has 18 heavy (non-hydrogen) atoms. The Morgan fingerprint density at radius 3 is 2.72 bits per heavy atom. The second-order valence-corrected chi connectivity index (χ2v) is 4.35. The lowest BCUT2D eigenvalue weighted by Crippen LogP contribution is -2.18. The smallest absolute Gasteiger partial charge is 0.0612 e. The molecular formula is C16H19NO. The maximum atomic E-state index is 8.68. The van der Waals surface area contributed by atoms with Crippen LogP contribution in [-0.2, 0) is 0 Å². The third-order valence-corrected chi connectivity index (χ3v) is 3.10. The van der Waals surface area contributed by atoms with Gasteiger partial charge in [-0.15, -0.1) is 0 Å². The number of aliphatic hydroxyl groups excluding tert-OH is 1. The van der Waals surface area contributed by atoms with Crippen LogP contribution in [0.25, 0.3) is 10.8 Å². The van der Waals surface area contributed by atoms with Crippen LogP contribution in [0.5, 0.6) is 0 Å². The fourth-order valence-electron chi connectivity index (χ4n) is 2.14. The van der Waals surface area contributed by atoms with E-state index in [1.807, 2.05) is 6.08 Å². The molecule has 0 bridgehead atoms. The van der Waals surface area contributed by atoms with Gasteiger partial charge in [0.05, 0.1) is 6.61 Å². The van der Waals surface area contributed by atoms with Crippen molar-refractivity contribution in [2.24, 2.45) is 0 Å². The fraction of sp³-hybridized carbons (Fsp3) is 0.250. The van der Waals surface area contributed by atoms with E-state index < -0.39 is 0 Å². The highest BCUT2D eigenvalue weighted by Crippen LogP contribution is 2.23. The van der Waals surface area contributed by atoms with Gasteiger partial charge in [0.1, 0.15) is 0 Å². The van der Waals surface area contributed by atoms with Gasteiger partial charge in [-0.3, -0.25) is 0 Å². The number of rotatable bonds is 5. The first kappa shape index (κ1) is 12.8. The largest absolute Gasteiger partial charge is 0.392 e. The lowest BCUT2D eigenvalue weighted by molar-refractivity contribution is 0.342.